The highest BCUT2D eigenvalue weighted by Gasteiger charge is 2.16. The molecule has 1 heteroatoms. The molecule has 12 heavy (non-hydrogen) atoms. The van der Waals surface area contributed by atoms with E-state index < -0.39 is 0 Å². The summed E-state index contributed by atoms with van der Waals surface area (Å²) in [5.41, 5.74) is 7.48. The molecule has 2 N–H and O–H groups in total. The van der Waals surface area contributed by atoms with E-state index >= 15 is 0 Å². The average molecular weight is 159 g/mol. The SMILES string of the molecule is C#Cc1ccccc1C(C)(C)N. The van der Waals surface area contributed by atoms with E-state index in [1.54, 1.807) is 0 Å². The minimum atomic E-state index is -0.358. The zero-order valence-corrected chi connectivity index (χ0v) is 7.46. The quantitative estimate of drug-likeness (QED) is 0.622. The molecule has 0 saturated heterocycles. The molecular weight excluding hydrogens is 146 g/mol. The normalized spacial score (nSPS) is 10.8. The third-order valence-corrected chi connectivity index (χ3v) is 1.78. The molecule has 1 nitrogen and oxygen atoms in total. The number of hydrogen-bond acceptors (Lipinski definition) is 1. The summed E-state index contributed by atoms with van der Waals surface area (Å²) >= 11 is 0. The highest BCUT2D eigenvalue weighted by Crippen LogP contribution is 2.19. The Morgan fingerprint density at radius 1 is 1.33 bits per heavy atom. The number of rotatable bonds is 1. The van der Waals surface area contributed by atoms with Gasteiger partial charge in [-0.05, 0) is 25.5 Å². The van der Waals surface area contributed by atoms with Crippen molar-refractivity contribution in [2.24, 2.45) is 5.73 Å². The summed E-state index contributed by atoms with van der Waals surface area (Å²) < 4.78 is 0. The fraction of sp³-hybridized carbons (Fsp3) is 0.273. The molecule has 0 radical (unpaired) electrons. The van der Waals surface area contributed by atoms with Crippen LogP contribution in [0.5, 0.6) is 0 Å². The van der Waals surface area contributed by atoms with E-state index in [4.69, 9.17) is 12.2 Å². The maximum absolute atomic E-state index is 5.94. The summed E-state index contributed by atoms with van der Waals surface area (Å²) in [5, 5.41) is 0. The Balaban J connectivity index is 3.26. The van der Waals surface area contributed by atoms with Crippen LogP contribution < -0.4 is 5.73 Å². The van der Waals surface area contributed by atoms with E-state index in [0.29, 0.717) is 0 Å². The smallest absolute Gasteiger partial charge is 0.0364 e. The molecule has 0 unspecified atom stereocenters. The minimum absolute atomic E-state index is 0.358. The van der Waals surface area contributed by atoms with Crippen LogP contribution in [0.3, 0.4) is 0 Å². The summed E-state index contributed by atoms with van der Waals surface area (Å²) in [6.45, 7) is 3.90. The van der Waals surface area contributed by atoms with Gasteiger partial charge in [0.15, 0.2) is 0 Å². The molecule has 0 aliphatic rings. The van der Waals surface area contributed by atoms with Gasteiger partial charge in [-0.25, -0.2) is 0 Å². The van der Waals surface area contributed by atoms with E-state index in [-0.39, 0.29) is 5.54 Å². The lowest BCUT2D eigenvalue weighted by Crippen LogP contribution is -2.29. The summed E-state index contributed by atoms with van der Waals surface area (Å²) in [6, 6.07) is 7.74. The summed E-state index contributed by atoms with van der Waals surface area (Å²) in [6.07, 6.45) is 5.34. The van der Waals surface area contributed by atoms with Crippen molar-refractivity contribution >= 4 is 0 Å². The van der Waals surface area contributed by atoms with Crippen molar-refractivity contribution in [3.8, 4) is 12.3 Å². The van der Waals surface area contributed by atoms with Crippen molar-refractivity contribution in [3.63, 3.8) is 0 Å². The topological polar surface area (TPSA) is 26.0 Å². The van der Waals surface area contributed by atoms with Crippen molar-refractivity contribution in [3.05, 3.63) is 35.4 Å². The van der Waals surface area contributed by atoms with Gasteiger partial charge in [0.2, 0.25) is 0 Å². The highest BCUT2D eigenvalue weighted by atomic mass is 14.7. The Labute approximate surface area is 73.6 Å². The molecule has 0 spiro atoms. The molecule has 1 aromatic carbocycles. The molecule has 0 aromatic heterocycles. The fourth-order valence-corrected chi connectivity index (χ4v) is 1.17. The van der Waals surface area contributed by atoms with Gasteiger partial charge in [0.25, 0.3) is 0 Å². The van der Waals surface area contributed by atoms with Gasteiger partial charge in [-0.15, -0.1) is 6.42 Å². The van der Waals surface area contributed by atoms with Crippen LogP contribution >= 0.6 is 0 Å². The number of hydrogen-bond donors (Lipinski definition) is 1. The second-order valence-electron chi connectivity index (χ2n) is 3.41. The number of nitrogens with two attached hydrogens (primary N) is 1. The van der Waals surface area contributed by atoms with Crippen LogP contribution in [0.25, 0.3) is 0 Å². The summed E-state index contributed by atoms with van der Waals surface area (Å²) in [4.78, 5) is 0. The van der Waals surface area contributed by atoms with Crippen molar-refractivity contribution in [2.75, 3.05) is 0 Å². The van der Waals surface area contributed by atoms with Crippen molar-refractivity contribution < 1.29 is 0 Å². The molecule has 0 heterocycles. The lowest BCUT2D eigenvalue weighted by molar-refractivity contribution is 0.553. The Bertz CT molecular complexity index is 313. The molecule has 0 saturated carbocycles. The lowest BCUT2D eigenvalue weighted by atomic mass is 9.91. The first-order valence-electron chi connectivity index (χ1n) is 3.90. The third kappa shape index (κ3) is 1.66. The third-order valence-electron chi connectivity index (χ3n) is 1.78. The van der Waals surface area contributed by atoms with Gasteiger partial charge < -0.3 is 5.73 Å². The lowest BCUT2D eigenvalue weighted by Gasteiger charge is -2.20. The van der Waals surface area contributed by atoms with Crippen LogP contribution in [0.4, 0.5) is 0 Å². The highest BCUT2D eigenvalue weighted by molar-refractivity contribution is 5.42. The van der Waals surface area contributed by atoms with Gasteiger partial charge in [0.1, 0.15) is 0 Å². The minimum Gasteiger partial charge on any atom is -0.322 e. The second-order valence-corrected chi connectivity index (χ2v) is 3.41. The number of terminal acetylenes is 1. The van der Waals surface area contributed by atoms with Crippen LogP contribution in [0, 0.1) is 12.3 Å². The largest absolute Gasteiger partial charge is 0.322 e. The maximum atomic E-state index is 5.94. The predicted molar refractivity (Wildman–Crippen MR) is 51.6 cm³/mol. The van der Waals surface area contributed by atoms with Gasteiger partial charge in [0, 0.05) is 11.1 Å². The molecule has 0 amide bonds. The van der Waals surface area contributed by atoms with Gasteiger partial charge in [0.05, 0.1) is 0 Å². The van der Waals surface area contributed by atoms with Crippen LogP contribution in [0.15, 0.2) is 24.3 Å². The van der Waals surface area contributed by atoms with E-state index in [0.717, 1.165) is 11.1 Å². The molecule has 1 aromatic rings. The van der Waals surface area contributed by atoms with Crippen LogP contribution in [-0.4, -0.2) is 0 Å². The summed E-state index contributed by atoms with van der Waals surface area (Å²) in [7, 11) is 0. The molecule has 62 valence electrons. The van der Waals surface area contributed by atoms with Crippen molar-refractivity contribution in [1.82, 2.24) is 0 Å². The molecular formula is C11H13N. The molecule has 0 fully saturated rings. The first-order chi connectivity index (χ1) is 5.55. The molecule has 0 atom stereocenters. The first kappa shape index (κ1) is 8.83. The predicted octanol–water partition coefficient (Wildman–Crippen LogP) is 1.86. The summed E-state index contributed by atoms with van der Waals surface area (Å²) in [5.74, 6) is 2.62. The average Bonchev–Trinajstić information content (AvgIpc) is 2.03. The fourth-order valence-electron chi connectivity index (χ4n) is 1.17. The number of benzene rings is 1. The van der Waals surface area contributed by atoms with Gasteiger partial charge in [-0.2, -0.15) is 0 Å². The molecule has 0 aliphatic carbocycles. The van der Waals surface area contributed by atoms with E-state index in [1.807, 2.05) is 38.1 Å². The van der Waals surface area contributed by atoms with Crippen LogP contribution in [-0.2, 0) is 5.54 Å². The van der Waals surface area contributed by atoms with Gasteiger partial charge >= 0.3 is 0 Å². The van der Waals surface area contributed by atoms with Crippen molar-refractivity contribution in [2.45, 2.75) is 19.4 Å². The van der Waals surface area contributed by atoms with Gasteiger partial charge in [-0.1, -0.05) is 24.1 Å². The second kappa shape index (κ2) is 3.00. The Morgan fingerprint density at radius 2 is 1.92 bits per heavy atom. The first-order valence-corrected chi connectivity index (χ1v) is 3.90. The van der Waals surface area contributed by atoms with E-state index in [9.17, 15) is 0 Å². The monoisotopic (exact) mass is 159 g/mol. The van der Waals surface area contributed by atoms with Gasteiger partial charge in [-0.3, -0.25) is 0 Å². The Kier molecular flexibility index (Phi) is 2.21. The van der Waals surface area contributed by atoms with Crippen molar-refractivity contribution in [1.29, 1.82) is 0 Å². The van der Waals surface area contributed by atoms with E-state index in [1.165, 1.54) is 0 Å². The molecule has 0 bridgehead atoms. The standard InChI is InChI=1S/C11H13N/c1-4-9-7-5-6-8-10(9)11(2,3)12/h1,5-8H,12H2,2-3H3. The Morgan fingerprint density at radius 3 is 2.33 bits per heavy atom. The van der Waals surface area contributed by atoms with E-state index in [2.05, 4.69) is 5.92 Å². The Hall–Kier alpha value is -1.26. The van der Waals surface area contributed by atoms with Crippen LogP contribution in [0.2, 0.25) is 0 Å². The zero-order chi connectivity index (χ0) is 9.19. The molecule has 1 rings (SSSR count). The maximum Gasteiger partial charge on any atom is 0.0364 e. The zero-order valence-electron chi connectivity index (χ0n) is 7.46. The molecule has 0 aliphatic heterocycles. The van der Waals surface area contributed by atoms with Crippen LogP contribution in [0.1, 0.15) is 25.0 Å².